The lowest BCUT2D eigenvalue weighted by Gasteiger charge is -2.02. The highest BCUT2D eigenvalue weighted by molar-refractivity contribution is 4.86. The molecule has 0 rings (SSSR count). The van der Waals surface area contributed by atoms with Crippen LogP contribution in [0.1, 0.15) is 46.0 Å². The van der Waals surface area contributed by atoms with Gasteiger partial charge in [-0.05, 0) is 45.7 Å². The van der Waals surface area contributed by atoms with Gasteiger partial charge in [0.25, 0.3) is 0 Å². The van der Waals surface area contributed by atoms with Gasteiger partial charge in [-0.2, -0.15) is 0 Å². The normalized spacial score (nSPS) is 10.2. The molecular formula is C11H23N. The van der Waals surface area contributed by atoms with E-state index in [-0.39, 0.29) is 0 Å². The summed E-state index contributed by atoms with van der Waals surface area (Å²) < 4.78 is 0. The van der Waals surface area contributed by atoms with Crippen molar-refractivity contribution in [2.45, 2.75) is 46.0 Å². The van der Waals surface area contributed by atoms with Crippen LogP contribution in [0.3, 0.4) is 0 Å². The van der Waals surface area contributed by atoms with E-state index in [1.54, 1.807) is 0 Å². The second-order valence-electron chi connectivity index (χ2n) is 3.52. The molecular weight excluding hydrogens is 146 g/mol. The molecule has 0 aromatic heterocycles. The van der Waals surface area contributed by atoms with E-state index >= 15 is 0 Å². The summed E-state index contributed by atoms with van der Waals surface area (Å²) >= 11 is 0. The van der Waals surface area contributed by atoms with Gasteiger partial charge in [0.15, 0.2) is 0 Å². The van der Waals surface area contributed by atoms with E-state index in [0.29, 0.717) is 0 Å². The van der Waals surface area contributed by atoms with Crippen LogP contribution in [-0.2, 0) is 0 Å². The third-order valence-corrected chi connectivity index (χ3v) is 1.88. The Bertz CT molecular complexity index is 108. The molecule has 72 valence electrons. The highest BCUT2D eigenvalue weighted by Gasteiger charge is 1.89. The van der Waals surface area contributed by atoms with Crippen molar-refractivity contribution in [1.82, 2.24) is 5.32 Å². The summed E-state index contributed by atoms with van der Waals surface area (Å²) in [7, 11) is 0. The van der Waals surface area contributed by atoms with Gasteiger partial charge in [0.2, 0.25) is 0 Å². The maximum Gasteiger partial charge on any atom is -0.00489 e. The zero-order valence-corrected chi connectivity index (χ0v) is 8.66. The molecule has 1 heteroatoms. The number of unbranched alkanes of at least 4 members (excludes halogenated alkanes) is 2. The van der Waals surface area contributed by atoms with Crippen molar-refractivity contribution in [1.29, 1.82) is 0 Å². The summed E-state index contributed by atoms with van der Waals surface area (Å²) in [6.07, 6.45) is 6.40. The highest BCUT2D eigenvalue weighted by Crippen LogP contribution is 2.04. The number of allylic oxidation sites excluding steroid dienone is 1. The second-order valence-corrected chi connectivity index (χ2v) is 3.52. The molecule has 0 aromatic carbocycles. The van der Waals surface area contributed by atoms with E-state index in [9.17, 15) is 0 Å². The van der Waals surface area contributed by atoms with Gasteiger partial charge in [-0.3, -0.25) is 0 Å². The molecule has 0 saturated heterocycles. The van der Waals surface area contributed by atoms with Crippen LogP contribution in [0.4, 0.5) is 0 Å². The fraction of sp³-hybridized carbons (Fsp3) is 0.818. The highest BCUT2D eigenvalue weighted by atomic mass is 14.8. The minimum Gasteiger partial charge on any atom is -0.317 e. The minimum absolute atomic E-state index is 1.17. The van der Waals surface area contributed by atoms with Crippen molar-refractivity contribution in [2.75, 3.05) is 13.1 Å². The van der Waals surface area contributed by atoms with Gasteiger partial charge in [-0.1, -0.05) is 18.9 Å². The van der Waals surface area contributed by atoms with Crippen LogP contribution in [0.15, 0.2) is 12.2 Å². The van der Waals surface area contributed by atoms with E-state index in [0.717, 1.165) is 0 Å². The topological polar surface area (TPSA) is 12.0 Å². The molecule has 0 saturated carbocycles. The molecule has 0 aliphatic heterocycles. The molecule has 1 nitrogen and oxygen atoms in total. The Labute approximate surface area is 77.2 Å². The van der Waals surface area contributed by atoms with E-state index in [2.05, 4.69) is 25.7 Å². The van der Waals surface area contributed by atoms with Crippen LogP contribution in [-0.4, -0.2) is 13.1 Å². The largest absolute Gasteiger partial charge is 0.317 e. The fourth-order valence-corrected chi connectivity index (χ4v) is 1.16. The molecule has 0 atom stereocenters. The van der Waals surface area contributed by atoms with Crippen LogP contribution >= 0.6 is 0 Å². The maximum absolute atomic E-state index is 3.89. The van der Waals surface area contributed by atoms with Crippen LogP contribution < -0.4 is 5.32 Å². The molecule has 0 radical (unpaired) electrons. The Balaban J connectivity index is 2.86. The first-order valence-corrected chi connectivity index (χ1v) is 5.12. The lowest BCUT2D eigenvalue weighted by molar-refractivity contribution is 0.598. The molecule has 0 aliphatic carbocycles. The first-order chi connectivity index (χ1) is 5.77. The van der Waals surface area contributed by atoms with Gasteiger partial charge < -0.3 is 5.32 Å². The van der Waals surface area contributed by atoms with Crippen molar-refractivity contribution < 1.29 is 0 Å². The van der Waals surface area contributed by atoms with Gasteiger partial charge in [-0.25, -0.2) is 0 Å². The molecule has 0 spiro atoms. The molecule has 0 unspecified atom stereocenters. The Morgan fingerprint density at radius 1 is 1.17 bits per heavy atom. The molecule has 0 fully saturated rings. The number of hydrogen-bond donors (Lipinski definition) is 1. The quantitative estimate of drug-likeness (QED) is 0.435. The Hall–Kier alpha value is -0.300. The lowest BCUT2D eigenvalue weighted by Crippen LogP contribution is -2.15. The lowest BCUT2D eigenvalue weighted by atomic mass is 10.1. The molecule has 12 heavy (non-hydrogen) atoms. The molecule has 0 amide bonds. The summed E-state index contributed by atoms with van der Waals surface area (Å²) in [4.78, 5) is 0. The molecule has 0 aliphatic rings. The predicted molar refractivity (Wildman–Crippen MR) is 56.4 cm³/mol. The Morgan fingerprint density at radius 3 is 2.50 bits per heavy atom. The van der Waals surface area contributed by atoms with Gasteiger partial charge in [0.1, 0.15) is 0 Å². The fourth-order valence-electron chi connectivity index (χ4n) is 1.16. The summed E-state index contributed by atoms with van der Waals surface area (Å²) in [6, 6.07) is 0. The van der Waals surface area contributed by atoms with Gasteiger partial charge in [0.05, 0.1) is 0 Å². The van der Waals surface area contributed by atoms with Crippen molar-refractivity contribution in [3.8, 4) is 0 Å². The summed E-state index contributed by atoms with van der Waals surface area (Å²) in [5.41, 5.74) is 1.32. The predicted octanol–water partition coefficient (Wildman–Crippen LogP) is 3.12. The third-order valence-electron chi connectivity index (χ3n) is 1.88. The number of hydrogen-bond acceptors (Lipinski definition) is 1. The number of nitrogens with one attached hydrogen (secondary N) is 1. The first-order valence-electron chi connectivity index (χ1n) is 5.12. The zero-order valence-electron chi connectivity index (χ0n) is 8.66. The summed E-state index contributed by atoms with van der Waals surface area (Å²) in [5, 5.41) is 3.40. The SMILES string of the molecule is C=C(C)CCCCCNCCC. The van der Waals surface area contributed by atoms with E-state index in [1.165, 1.54) is 50.8 Å². The van der Waals surface area contributed by atoms with Gasteiger partial charge in [0, 0.05) is 0 Å². The average molecular weight is 169 g/mol. The van der Waals surface area contributed by atoms with Crippen LogP contribution in [0.25, 0.3) is 0 Å². The van der Waals surface area contributed by atoms with Gasteiger partial charge >= 0.3 is 0 Å². The van der Waals surface area contributed by atoms with Crippen LogP contribution in [0.2, 0.25) is 0 Å². The van der Waals surface area contributed by atoms with E-state index in [1.807, 2.05) is 0 Å². The second kappa shape index (κ2) is 8.79. The van der Waals surface area contributed by atoms with Crippen molar-refractivity contribution in [3.05, 3.63) is 12.2 Å². The van der Waals surface area contributed by atoms with Crippen molar-refractivity contribution >= 4 is 0 Å². The zero-order chi connectivity index (χ0) is 9.23. The molecule has 0 heterocycles. The number of rotatable bonds is 8. The van der Waals surface area contributed by atoms with Crippen molar-refractivity contribution in [3.63, 3.8) is 0 Å². The summed E-state index contributed by atoms with van der Waals surface area (Å²) in [5.74, 6) is 0. The van der Waals surface area contributed by atoms with Crippen LogP contribution in [0, 0.1) is 0 Å². The van der Waals surface area contributed by atoms with Gasteiger partial charge in [-0.15, -0.1) is 6.58 Å². The van der Waals surface area contributed by atoms with Crippen molar-refractivity contribution in [2.24, 2.45) is 0 Å². The molecule has 1 N–H and O–H groups in total. The smallest absolute Gasteiger partial charge is 0.00489 e. The molecule has 0 aromatic rings. The summed E-state index contributed by atoms with van der Waals surface area (Å²) in [6.45, 7) is 10.5. The Kier molecular flexibility index (Phi) is 8.57. The first kappa shape index (κ1) is 11.7. The van der Waals surface area contributed by atoms with Crippen LogP contribution in [0.5, 0.6) is 0 Å². The van der Waals surface area contributed by atoms with E-state index < -0.39 is 0 Å². The third kappa shape index (κ3) is 9.70. The molecule has 0 bridgehead atoms. The van der Waals surface area contributed by atoms with E-state index in [4.69, 9.17) is 0 Å². The monoisotopic (exact) mass is 169 g/mol. The Morgan fingerprint density at radius 2 is 1.92 bits per heavy atom. The average Bonchev–Trinajstić information content (AvgIpc) is 2.02. The standard InChI is InChI=1S/C11H23N/c1-4-9-12-10-7-5-6-8-11(2)3/h12H,2,4-10H2,1,3H3. The maximum atomic E-state index is 3.89. The minimum atomic E-state index is 1.17.